The highest BCUT2D eigenvalue weighted by atomic mass is 15.2. The Morgan fingerprint density at radius 1 is 0.617 bits per heavy atom. The summed E-state index contributed by atoms with van der Waals surface area (Å²) < 4.78 is 4.84. The second-order valence-corrected chi connectivity index (χ2v) is 14.9. The Balaban J connectivity index is 1.47. The topological polar surface area (TPSA) is 34.8 Å². The Labute approximate surface area is 279 Å². The largest absolute Gasteiger partial charge is 0.353 e. The van der Waals surface area contributed by atoms with Crippen molar-refractivity contribution in [1.82, 2.24) is 14.1 Å². The standard InChI is InChI=1S/C43H46N4/c1-8-9-26-46-39-21-15-20-36(44-35-19-14-13-18-32(35)29-16-11-10-12-17-29)40(39)45-41(46)47-37-24-22-30(42(2,3)4)27-33(37)34-28-31(43(5,6)7)23-25-38(34)47/h10-25,27-28,44H,8-9,26H2,1-7H3. The lowest BCUT2D eigenvalue weighted by atomic mass is 9.85. The van der Waals surface area contributed by atoms with Crippen molar-refractivity contribution in [1.29, 1.82) is 0 Å². The molecule has 238 valence electrons. The maximum absolute atomic E-state index is 5.51. The van der Waals surface area contributed by atoms with Gasteiger partial charge < -0.3 is 9.88 Å². The number of hydrogen-bond donors (Lipinski definition) is 1. The number of anilines is 2. The molecule has 0 radical (unpaired) electrons. The van der Waals surface area contributed by atoms with Crippen LogP contribution in [0.15, 0.2) is 109 Å². The van der Waals surface area contributed by atoms with Crippen molar-refractivity contribution in [3.8, 4) is 17.1 Å². The zero-order chi connectivity index (χ0) is 32.9. The summed E-state index contributed by atoms with van der Waals surface area (Å²) in [5.41, 5.74) is 11.7. The molecule has 4 heteroatoms. The third kappa shape index (κ3) is 5.60. The third-order valence-corrected chi connectivity index (χ3v) is 9.47. The van der Waals surface area contributed by atoms with E-state index in [1.807, 2.05) is 0 Å². The molecule has 5 aromatic carbocycles. The van der Waals surface area contributed by atoms with Crippen molar-refractivity contribution in [2.45, 2.75) is 78.7 Å². The predicted octanol–water partition coefficient (Wildman–Crippen LogP) is 11.9. The van der Waals surface area contributed by atoms with Crippen molar-refractivity contribution in [3.05, 3.63) is 120 Å². The molecule has 0 bridgehead atoms. The average molecular weight is 619 g/mol. The zero-order valence-electron chi connectivity index (χ0n) is 28.9. The first kappa shape index (κ1) is 30.8. The fourth-order valence-corrected chi connectivity index (χ4v) is 6.72. The van der Waals surface area contributed by atoms with E-state index >= 15 is 0 Å². The van der Waals surface area contributed by atoms with Gasteiger partial charge in [-0.1, -0.05) is 122 Å². The highest BCUT2D eigenvalue weighted by molar-refractivity contribution is 6.10. The number of fused-ring (bicyclic) bond motifs is 4. The lowest BCUT2D eigenvalue weighted by Gasteiger charge is -2.19. The molecule has 2 aromatic heterocycles. The molecular formula is C43H46N4. The molecule has 4 nitrogen and oxygen atoms in total. The molecule has 0 aliphatic heterocycles. The molecule has 0 saturated carbocycles. The van der Waals surface area contributed by atoms with Crippen LogP contribution in [0, 0.1) is 0 Å². The van der Waals surface area contributed by atoms with Crippen molar-refractivity contribution in [3.63, 3.8) is 0 Å². The summed E-state index contributed by atoms with van der Waals surface area (Å²) in [6, 6.07) is 39.7. The van der Waals surface area contributed by atoms with Gasteiger partial charge in [0.1, 0.15) is 5.52 Å². The molecule has 0 aliphatic rings. The Morgan fingerprint density at radius 2 is 1.21 bits per heavy atom. The SMILES string of the molecule is CCCCn1c(-n2c3ccc(C(C)(C)C)cc3c3cc(C(C)(C)C)ccc32)nc2c(Nc3ccccc3-c3ccccc3)cccc21. The van der Waals surface area contributed by atoms with Crippen LogP contribution in [-0.2, 0) is 17.4 Å². The molecule has 1 N–H and O–H groups in total. The van der Waals surface area contributed by atoms with Gasteiger partial charge in [0.05, 0.1) is 22.2 Å². The quantitative estimate of drug-likeness (QED) is 0.193. The van der Waals surface area contributed by atoms with Gasteiger partial charge in [0.15, 0.2) is 0 Å². The first-order valence-electron chi connectivity index (χ1n) is 17.0. The summed E-state index contributed by atoms with van der Waals surface area (Å²) in [5, 5.41) is 6.35. The summed E-state index contributed by atoms with van der Waals surface area (Å²) in [6.07, 6.45) is 2.19. The number of imidazole rings is 1. The molecule has 7 rings (SSSR count). The molecule has 0 saturated heterocycles. The predicted molar refractivity (Wildman–Crippen MR) is 202 cm³/mol. The van der Waals surface area contributed by atoms with Crippen molar-refractivity contribution in [2.75, 3.05) is 5.32 Å². The van der Waals surface area contributed by atoms with Crippen LogP contribution in [0.2, 0.25) is 0 Å². The molecule has 0 unspecified atom stereocenters. The molecule has 0 atom stereocenters. The Morgan fingerprint density at radius 3 is 1.83 bits per heavy atom. The van der Waals surface area contributed by atoms with Crippen LogP contribution >= 0.6 is 0 Å². The van der Waals surface area contributed by atoms with E-state index < -0.39 is 0 Å². The van der Waals surface area contributed by atoms with Crippen LogP contribution in [0.5, 0.6) is 0 Å². The first-order chi connectivity index (χ1) is 22.5. The third-order valence-electron chi connectivity index (χ3n) is 9.47. The molecule has 7 aromatic rings. The van der Waals surface area contributed by atoms with Gasteiger partial charge in [-0.05, 0) is 76.4 Å². The minimum Gasteiger partial charge on any atom is -0.353 e. The molecule has 47 heavy (non-hydrogen) atoms. The minimum absolute atomic E-state index is 0.0507. The molecule has 0 aliphatic carbocycles. The van der Waals surface area contributed by atoms with Gasteiger partial charge in [0.25, 0.3) is 0 Å². The summed E-state index contributed by atoms with van der Waals surface area (Å²) in [7, 11) is 0. The maximum Gasteiger partial charge on any atom is 0.215 e. The van der Waals surface area contributed by atoms with Crippen LogP contribution < -0.4 is 5.32 Å². The molecular weight excluding hydrogens is 573 g/mol. The van der Waals surface area contributed by atoms with Gasteiger partial charge in [0, 0.05) is 28.6 Å². The fraction of sp³-hybridized carbons (Fsp3) is 0.279. The van der Waals surface area contributed by atoms with E-state index in [2.05, 4.69) is 172 Å². The van der Waals surface area contributed by atoms with Crippen LogP contribution in [0.25, 0.3) is 49.9 Å². The lowest BCUT2D eigenvalue weighted by Crippen LogP contribution is -2.11. The van der Waals surface area contributed by atoms with Crippen molar-refractivity contribution < 1.29 is 0 Å². The number of aryl methyl sites for hydroxylation is 1. The zero-order valence-corrected chi connectivity index (χ0v) is 28.9. The van der Waals surface area contributed by atoms with Crippen molar-refractivity contribution in [2.24, 2.45) is 0 Å². The molecule has 0 spiro atoms. The summed E-state index contributed by atoms with van der Waals surface area (Å²) >= 11 is 0. The molecule has 2 heterocycles. The van der Waals surface area contributed by atoms with Gasteiger partial charge in [0.2, 0.25) is 5.95 Å². The van der Waals surface area contributed by atoms with E-state index in [1.54, 1.807) is 0 Å². The van der Waals surface area contributed by atoms with Gasteiger partial charge in [-0.15, -0.1) is 0 Å². The van der Waals surface area contributed by atoms with E-state index in [1.165, 1.54) is 44.1 Å². The number of nitrogens with zero attached hydrogens (tertiary/aromatic N) is 3. The highest BCUT2D eigenvalue weighted by Gasteiger charge is 2.24. The van der Waals surface area contributed by atoms with E-state index in [-0.39, 0.29) is 10.8 Å². The van der Waals surface area contributed by atoms with Gasteiger partial charge in [-0.25, -0.2) is 4.98 Å². The Bertz CT molecular complexity index is 2150. The lowest BCUT2D eigenvalue weighted by molar-refractivity contribution is 0.590. The number of aromatic nitrogens is 3. The van der Waals surface area contributed by atoms with E-state index in [0.717, 1.165) is 47.7 Å². The Hall–Kier alpha value is -4.83. The summed E-state index contributed by atoms with van der Waals surface area (Å²) in [4.78, 5) is 5.51. The van der Waals surface area contributed by atoms with Gasteiger partial charge in [-0.3, -0.25) is 4.57 Å². The monoisotopic (exact) mass is 618 g/mol. The summed E-state index contributed by atoms with van der Waals surface area (Å²) in [5.74, 6) is 0.964. The van der Waals surface area contributed by atoms with E-state index in [9.17, 15) is 0 Å². The van der Waals surface area contributed by atoms with Crippen LogP contribution in [0.4, 0.5) is 11.4 Å². The fourth-order valence-electron chi connectivity index (χ4n) is 6.72. The highest BCUT2D eigenvalue weighted by Crippen LogP contribution is 2.39. The second-order valence-electron chi connectivity index (χ2n) is 14.9. The van der Waals surface area contributed by atoms with E-state index in [4.69, 9.17) is 4.98 Å². The van der Waals surface area contributed by atoms with Crippen molar-refractivity contribution >= 4 is 44.2 Å². The van der Waals surface area contributed by atoms with Gasteiger partial charge >= 0.3 is 0 Å². The average Bonchev–Trinajstić information content (AvgIpc) is 3.58. The van der Waals surface area contributed by atoms with Crippen LogP contribution in [0.1, 0.15) is 72.4 Å². The number of benzene rings is 5. The van der Waals surface area contributed by atoms with Crippen LogP contribution in [0.3, 0.4) is 0 Å². The minimum atomic E-state index is 0.0507. The molecule has 0 amide bonds. The number of unbranched alkanes of at least 4 members (excludes halogenated alkanes) is 1. The normalized spacial score (nSPS) is 12.4. The summed E-state index contributed by atoms with van der Waals surface area (Å²) in [6.45, 7) is 16.9. The van der Waals surface area contributed by atoms with Crippen LogP contribution in [-0.4, -0.2) is 14.1 Å². The molecule has 0 fully saturated rings. The number of nitrogens with one attached hydrogen (secondary N) is 1. The van der Waals surface area contributed by atoms with Gasteiger partial charge in [-0.2, -0.15) is 0 Å². The van der Waals surface area contributed by atoms with E-state index in [0.29, 0.717) is 0 Å². The maximum atomic E-state index is 5.51. The first-order valence-corrected chi connectivity index (χ1v) is 17.0. The number of para-hydroxylation sites is 2. The second kappa shape index (κ2) is 11.8. The smallest absolute Gasteiger partial charge is 0.215 e. The number of rotatable bonds is 7. The number of hydrogen-bond acceptors (Lipinski definition) is 2. The Kier molecular flexibility index (Phi) is 7.71.